The smallest absolute Gasteiger partial charge is 0.300 e. The van der Waals surface area contributed by atoms with Crippen LogP contribution in [0.1, 0.15) is 36.9 Å². The lowest BCUT2D eigenvalue weighted by Crippen LogP contribution is -2.37. The van der Waals surface area contributed by atoms with Crippen molar-refractivity contribution < 1.29 is 14.6 Å². The molecule has 7 heteroatoms. The van der Waals surface area contributed by atoms with Gasteiger partial charge >= 0.3 is 0 Å². The van der Waals surface area contributed by atoms with E-state index in [2.05, 4.69) is 22.4 Å². The maximum absolute atomic E-state index is 11.8. The summed E-state index contributed by atoms with van der Waals surface area (Å²) in [6.45, 7) is 3.66. The molecule has 0 amide bonds. The van der Waals surface area contributed by atoms with Crippen LogP contribution < -0.4 is 10.0 Å². The van der Waals surface area contributed by atoms with E-state index >= 15 is 0 Å². The number of carboxylic acid groups (broad SMARTS) is 1. The number of aromatic nitrogens is 2. The van der Waals surface area contributed by atoms with Gasteiger partial charge in [-0.05, 0) is 49.3 Å². The van der Waals surface area contributed by atoms with Gasteiger partial charge in [-0.2, -0.15) is 0 Å². The van der Waals surface area contributed by atoms with Crippen molar-refractivity contribution in [3.63, 3.8) is 0 Å². The highest BCUT2D eigenvalue weighted by Crippen LogP contribution is 2.41. The Labute approximate surface area is 152 Å². The van der Waals surface area contributed by atoms with Crippen molar-refractivity contribution in [1.29, 1.82) is 0 Å². The van der Waals surface area contributed by atoms with Crippen molar-refractivity contribution in [3.05, 3.63) is 58.1 Å². The van der Waals surface area contributed by atoms with Gasteiger partial charge in [0, 0.05) is 11.9 Å². The summed E-state index contributed by atoms with van der Waals surface area (Å²) in [5.41, 5.74) is 1.96. The molecule has 2 aromatic rings. The second-order valence-electron chi connectivity index (χ2n) is 6.21. The highest BCUT2D eigenvalue weighted by molar-refractivity contribution is 6.30. The molecule has 134 valence electrons. The number of nitrogens with one attached hydrogen (secondary N) is 1. The Morgan fingerprint density at radius 3 is 2.56 bits per heavy atom. The van der Waals surface area contributed by atoms with E-state index in [1.807, 2.05) is 12.1 Å². The van der Waals surface area contributed by atoms with E-state index in [0.717, 1.165) is 36.1 Å². The molecular formula is C18H22ClN3O3. The van der Waals surface area contributed by atoms with Gasteiger partial charge in [0.05, 0.1) is 12.7 Å². The number of carboxylic acids is 1. The van der Waals surface area contributed by atoms with Crippen LogP contribution in [-0.4, -0.2) is 22.6 Å². The number of rotatable bonds is 4. The molecule has 1 aliphatic carbocycles. The minimum absolute atomic E-state index is 0.532. The molecule has 0 radical (unpaired) electrons. The quantitative estimate of drug-likeness (QED) is 0.642. The third-order valence-corrected chi connectivity index (χ3v) is 4.40. The summed E-state index contributed by atoms with van der Waals surface area (Å²) in [6.07, 6.45) is 5.44. The zero-order chi connectivity index (χ0) is 18.4. The second kappa shape index (κ2) is 8.67. The average Bonchev–Trinajstić information content (AvgIpc) is 2.51. The van der Waals surface area contributed by atoms with Crippen molar-refractivity contribution in [1.82, 2.24) is 4.98 Å². The van der Waals surface area contributed by atoms with Crippen LogP contribution in [0.3, 0.4) is 0 Å². The van der Waals surface area contributed by atoms with Crippen molar-refractivity contribution in [2.45, 2.75) is 32.6 Å². The predicted octanol–water partition coefficient (Wildman–Crippen LogP) is 3.37. The molecule has 0 bridgehead atoms. The summed E-state index contributed by atoms with van der Waals surface area (Å²) in [5.74, 6) is 0.917. The van der Waals surface area contributed by atoms with Crippen LogP contribution in [0, 0.1) is 18.0 Å². The first kappa shape index (κ1) is 19.0. The van der Waals surface area contributed by atoms with Gasteiger partial charge in [-0.15, -0.1) is 0 Å². The number of hydrogen-bond acceptors (Lipinski definition) is 4. The second-order valence-corrected chi connectivity index (χ2v) is 6.65. The van der Waals surface area contributed by atoms with Gasteiger partial charge in [-0.3, -0.25) is 15.1 Å². The summed E-state index contributed by atoms with van der Waals surface area (Å²) < 4.78 is 0.891. The molecule has 1 aromatic carbocycles. The first-order valence-electron chi connectivity index (χ1n) is 8.10. The first-order chi connectivity index (χ1) is 11.9. The Kier molecular flexibility index (Phi) is 6.58. The number of halogens is 1. The Morgan fingerprint density at radius 1 is 1.36 bits per heavy atom. The molecule has 3 rings (SSSR count). The lowest BCUT2D eigenvalue weighted by Gasteiger charge is -2.34. The summed E-state index contributed by atoms with van der Waals surface area (Å²) >= 11 is 5.90. The average molecular weight is 364 g/mol. The molecule has 2 N–H and O–H groups in total. The zero-order valence-corrected chi connectivity index (χ0v) is 15.0. The number of carbonyl (C=O) groups is 1. The van der Waals surface area contributed by atoms with E-state index in [4.69, 9.17) is 21.5 Å². The fraction of sp³-hybridized carbons (Fsp3) is 0.389. The molecule has 6 nitrogen and oxygen atoms in total. The SMILES string of the molecule is CC(=O)O.Cc1cncc(NCC2CC(c3ccc(Cl)cc3)C2)[n+]1[O-]. The van der Waals surface area contributed by atoms with Crippen LogP contribution in [0.15, 0.2) is 36.7 Å². The van der Waals surface area contributed by atoms with Crippen molar-refractivity contribution in [2.24, 2.45) is 5.92 Å². The van der Waals surface area contributed by atoms with E-state index in [0.29, 0.717) is 23.3 Å². The highest BCUT2D eigenvalue weighted by atomic mass is 35.5. The Balaban J connectivity index is 0.000000511. The molecule has 0 spiro atoms. The van der Waals surface area contributed by atoms with E-state index in [-0.39, 0.29) is 0 Å². The van der Waals surface area contributed by atoms with Crippen LogP contribution >= 0.6 is 11.6 Å². The van der Waals surface area contributed by atoms with Gasteiger partial charge in [0.15, 0.2) is 0 Å². The van der Waals surface area contributed by atoms with E-state index in [9.17, 15) is 5.21 Å². The number of nitrogens with zero attached hydrogens (tertiary/aromatic N) is 2. The number of aryl methyl sites for hydroxylation is 1. The Bertz CT molecular complexity index is 712. The third kappa shape index (κ3) is 5.60. The maximum Gasteiger partial charge on any atom is 0.300 e. The van der Waals surface area contributed by atoms with Crippen LogP contribution in [0.25, 0.3) is 0 Å². The highest BCUT2D eigenvalue weighted by Gasteiger charge is 2.31. The lowest BCUT2D eigenvalue weighted by atomic mass is 9.71. The third-order valence-electron chi connectivity index (χ3n) is 4.15. The van der Waals surface area contributed by atoms with Gasteiger partial charge in [-0.25, -0.2) is 4.73 Å². The number of aliphatic carboxylic acids is 1. The Hall–Kier alpha value is -2.34. The Morgan fingerprint density at radius 2 is 1.96 bits per heavy atom. The maximum atomic E-state index is 11.8. The molecule has 1 saturated carbocycles. The number of hydrogen-bond donors (Lipinski definition) is 2. The molecule has 1 aromatic heterocycles. The summed E-state index contributed by atoms with van der Waals surface area (Å²) in [5, 5.41) is 23.2. The summed E-state index contributed by atoms with van der Waals surface area (Å²) in [4.78, 5) is 13.0. The standard InChI is InChI=1S/C16H18ClN3O.C2H4O2/c1-11-8-18-10-16(20(11)21)19-9-12-6-14(7-12)13-2-4-15(17)5-3-13;1-2(3)4/h2-5,8,10,12,14,19H,6-7,9H2,1H3;1H3,(H,3,4). The van der Waals surface area contributed by atoms with Crippen LogP contribution in [0.4, 0.5) is 5.82 Å². The molecule has 0 atom stereocenters. The normalized spacial score (nSPS) is 18.5. The molecule has 25 heavy (non-hydrogen) atoms. The topological polar surface area (TPSA) is 89.2 Å². The monoisotopic (exact) mass is 363 g/mol. The number of anilines is 1. The van der Waals surface area contributed by atoms with Crippen LogP contribution in [0.2, 0.25) is 5.02 Å². The molecule has 0 aliphatic heterocycles. The van der Waals surface area contributed by atoms with E-state index in [1.165, 1.54) is 5.56 Å². The minimum Gasteiger partial charge on any atom is -0.710 e. The molecule has 1 aliphatic rings. The summed E-state index contributed by atoms with van der Waals surface area (Å²) in [6, 6.07) is 8.10. The predicted molar refractivity (Wildman–Crippen MR) is 96.7 cm³/mol. The minimum atomic E-state index is -0.833. The molecule has 0 saturated heterocycles. The molecule has 1 heterocycles. The van der Waals surface area contributed by atoms with Gasteiger partial charge in [0.25, 0.3) is 11.8 Å². The van der Waals surface area contributed by atoms with Crippen molar-refractivity contribution >= 4 is 23.4 Å². The molecule has 0 unspecified atom stereocenters. The van der Waals surface area contributed by atoms with E-state index in [1.54, 1.807) is 19.3 Å². The molecular weight excluding hydrogens is 342 g/mol. The van der Waals surface area contributed by atoms with Gasteiger partial charge in [-0.1, -0.05) is 23.7 Å². The lowest BCUT2D eigenvalue weighted by molar-refractivity contribution is -0.598. The molecule has 1 fully saturated rings. The van der Waals surface area contributed by atoms with Crippen molar-refractivity contribution in [3.8, 4) is 0 Å². The zero-order valence-electron chi connectivity index (χ0n) is 14.3. The largest absolute Gasteiger partial charge is 0.710 e. The van der Waals surface area contributed by atoms with Crippen molar-refractivity contribution in [2.75, 3.05) is 11.9 Å². The fourth-order valence-electron chi connectivity index (χ4n) is 2.79. The van der Waals surface area contributed by atoms with Gasteiger partial charge < -0.3 is 10.3 Å². The summed E-state index contributed by atoms with van der Waals surface area (Å²) in [7, 11) is 0. The number of benzene rings is 1. The van der Waals surface area contributed by atoms with Gasteiger partial charge in [0.1, 0.15) is 11.9 Å². The van der Waals surface area contributed by atoms with Gasteiger partial charge in [0.2, 0.25) is 0 Å². The fourth-order valence-corrected chi connectivity index (χ4v) is 2.91. The van der Waals surface area contributed by atoms with E-state index < -0.39 is 5.97 Å². The first-order valence-corrected chi connectivity index (χ1v) is 8.47. The van der Waals surface area contributed by atoms with Crippen LogP contribution in [-0.2, 0) is 4.79 Å². The van der Waals surface area contributed by atoms with Crippen LogP contribution in [0.5, 0.6) is 0 Å².